The third-order valence-corrected chi connectivity index (χ3v) is 4.66. The number of rotatable bonds is 8. The molecular formula is C15H25ClF2N4OS. The lowest BCUT2D eigenvalue weighted by Crippen LogP contribution is -2.36. The summed E-state index contributed by atoms with van der Waals surface area (Å²) >= 11 is 7.51. The van der Waals surface area contributed by atoms with E-state index in [9.17, 15) is 8.78 Å². The van der Waals surface area contributed by atoms with Crippen molar-refractivity contribution in [3.8, 4) is 5.75 Å². The number of alkyl halides is 3. The van der Waals surface area contributed by atoms with Crippen molar-refractivity contribution in [1.29, 1.82) is 0 Å². The molecule has 0 aliphatic carbocycles. The molecule has 24 heavy (non-hydrogen) atoms. The highest BCUT2D eigenvalue weighted by molar-refractivity contribution is 7.97. The quantitative estimate of drug-likeness (QED) is 0.412. The number of piperidine rings is 1. The van der Waals surface area contributed by atoms with Gasteiger partial charge in [0.05, 0.1) is 12.4 Å². The van der Waals surface area contributed by atoms with Crippen LogP contribution in [-0.2, 0) is 0 Å². The topological polar surface area (TPSA) is 50.3 Å². The van der Waals surface area contributed by atoms with Gasteiger partial charge in [0.15, 0.2) is 5.75 Å². The van der Waals surface area contributed by atoms with Crippen LogP contribution in [0.25, 0.3) is 0 Å². The summed E-state index contributed by atoms with van der Waals surface area (Å²) in [4.78, 5) is 7.98. The minimum absolute atomic E-state index is 0.0361. The molecule has 0 unspecified atom stereocenters. The summed E-state index contributed by atoms with van der Waals surface area (Å²) in [5, 5.41) is 3.23. The van der Waals surface area contributed by atoms with Crippen LogP contribution in [-0.4, -0.2) is 51.6 Å². The molecule has 1 aliphatic rings. The van der Waals surface area contributed by atoms with Gasteiger partial charge in [-0.25, -0.2) is 9.97 Å². The van der Waals surface area contributed by atoms with E-state index in [0.717, 1.165) is 38.1 Å². The van der Waals surface area contributed by atoms with Crippen molar-refractivity contribution in [2.75, 3.05) is 30.0 Å². The summed E-state index contributed by atoms with van der Waals surface area (Å²) in [7, 11) is 0. The molecule has 138 valence electrons. The van der Waals surface area contributed by atoms with Crippen LogP contribution in [0, 0.1) is 0 Å². The lowest BCUT2D eigenvalue weighted by molar-refractivity contribution is -0.0503. The molecule has 1 fully saturated rings. The Kier molecular flexibility index (Phi) is 11.0. The number of aromatic nitrogens is 2. The summed E-state index contributed by atoms with van der Waals surface area (Å²) in [6.07, 6.45) is 5.50. The number of nitrogens with zero attached hydrogens (tertiary/aromatic N) is 3. The van der Waals surface area contributed by atoms with Crippen molar-refractivity contribution in [1.82, 2.24) is 14.3 Å². The molecule has 9 heteroatoms. The maximum atomic E-state index is 12.0. The Morgan fingerprint density at radius 2 is 1.96 bits per heavy atom. The van der Waals surface area contributed by atoms with Crippen molar-refractivity contribution < 1.29 is 13.5 Å². The van der Waals surface area contributed by atoms with E-state index in [1.165, 1.54) is 12.4 Å². The molecule has 0 spiro atoms. The van der Waals surface area contributed by atoms with Crippen LogP contribution in [0.4, 0.5) is 14.7 Å². The average Bonchev–Trinajstić information content (AvgIpc) is 2.60. The van der Waals surface area contributed by atoms with E-state index < -0.39 is 6.61 Å². The van der Waals surface area contributed by atoms with E-state index in [0.29, 0.717) is 17.9 Å². The van der Waals surface area contributed by atoms with Crippen molar-refractivity contribution in [3.63, 3.8) is 0 Å². The second-order valence-corrected chi connectivity index (χ2v) is 6.41. The molecule has 1 saturated heterocycles. The number of nitrogens with one attached hydrogen (secondary N) is 1. The van der Waals surface area contributed by atoms with Gasteiger partial charge in [-0.1, -0.05) is 25.8 Å². The van der Waals surface area contributed by atoms with Crippen LogP contribution >= 0.6 is 23.5 Å². The van der Waals surface area contributed by atoms with Gasteiger partial charge in [0, 0.05) is 30.8 Å². The van der Waals surface area contributed by atoms with Gasteiger partial charge in [0.2, 0.25) is 5.95 Å². The highest BCUT2D eigenvalue weighted by Crippen LogP contribution is 2.21. The highest BCUT2D eigenvalue weighted by atomic mass is 35.5. The van der Waals surface area contributed by atoms with Gasteiger partial charge in [-0.15, -0.1) is 11.6 Å². The number of hydrogen-bond donors (Lipinski definition) is 1. The summed E-state index contributed by atoms with van der Waals surface area (Å²) < 4.78 is 30.6. The zero-order chi connectivity index (χ0) is 17.8. The predicted molar refractivity (Wildman–Crippen MR) is 96.0 cm³/mol. The zero-order valence-corrected chi connectivity index (χ0v) is 15.6. The minimum atomic E-state index is -2.86. The van der Waals surface area contributed by atoms with Crippen LogP contribution in [0.3, 0.4) is 0 Å². The van der Waals surface area contributed by atoms with Crippen LogP contribution in [0.5, 0.6) is 5.75 Å². The van der Waals surface area contributed by atoms with Gasteiger partial charge >= 0.3 is 6.61 Å². The molecule has 0 amide bonds. The minimum Gasteiger partial charge on any atom is -0.432 e. The number of hydrogen-bond acceptors (Lipinski definition) is 6. The van der Waals surface area contributed by atoms with Crippen LogP contribution in [0.15, 0.2) is 12.4 Å². The molecule has 0 atom stereocenters. The van der Waals surface area contributed by atoms with Gasteiger partial charge < -0.3 is 10.1 Å². The first-order valence-electron chi connectivity index (χ1n) is 8.14. The molecule has 0 radical (unpaired) electrons. The molecule has 1 aromatic heterocycles. The fourth-order valence-corrected chi connectivity index (χ4v) is 3.41. The molecule has 0 aromatic carbocycles. The lowest BCUT2D eigenvalue weighted by atomic mass is 10.1. The van der Waals surface area contributed by atoms with Gasteiger partial charge in [-0.3, -0.25) is 4.31 Å². The van der Waals surface area contributed by atoms with Crippen molar-refractivity contribution in [2.24, 2.45) is 0 Å². The Morgan fingerprint density at radius 1 is 1.33 bits per heavy atom. The summed E-state index contributed by atoms with van der Waals surface area (Å²) in [6, 6.07) is 0.298. The van der Waals surface area contributed by atoms with E-state index >= 15 is 0 Å². The summed E-state index contributed by atoms with van der Waals surface area (Å²) in [5.41, 5.74) is 0. The Labute approximate surface area is 151 Å². The first-order valence-corrected chi connectivity index (χ1v) is 9.62. The maximum Gasteiger partial charge on any atom is 0.387 e. The third-order valence-electron chi connectivity index (χ3n) is 3.19. The Hall–Kier alpha value is -0.860. The van der Waals surface area contributed by atoms with Crippen LogP contribution in [0.1, 0.15) is 33.1 Å². The van der Waals surface area contributed by atoms with E-state index in [2.05, 4.69) is 24.3 Å². The first-order chi connectivity index (χ1) is 11.7. The van der Waals surface area contributed by atoms with Gasteiger partial charge in [-0.2, -0.15) is 8.78 Å². The standard InChI is InChI=1S/C13H19ClF2N4OS.C2H6/c14-4-1-7-22-20-5-2-10(3-6-20)19-13-17-8-11(9-18-13)21-12(15)16;1-2/h8-10,12H,1-7H2,(H,17,18,19);1-2H3. The lowest BCUT2D eigenvalue weighted by Gasteiger charge is -2.31. The fourth-order valence-electron chi connectivity index (χ4n) is 2.11. The van der Waals surface area contributed by atoms with Gasteiger partial charge in [-0.05, 0) is 19.3 Å². The fraction of sp³-hybridized carbons (Fsp3) is 0.733. The van der Waals surface area contributed by atoms with Gasteiger partial charge in [0.1, 0.15) is 0 Å². The van der Waals surface area contributed by atoms with Crippen LogP contribution in [0.2, 0.25) is 0 Å². The van der Waals surface area contributed by atoms with Crippen molar-refractivity contribution in [3.05, 3.63) is 12.4 Å². The molecule has 2 rings (SSSR count). The normalized spacial score (nSPS) is 15.8. The number of halogens is 3. The summed E-state index contributed by atoms with van der Waals surface area (Å²) in [6.45, 7) is 3.14. The average molecular weight is 383 g/mol. The molecule has 1 aromatic rings. The molecule has 1 N–H and O–H groups in total. The molecule has 2 heterocycles. The van der Waals surface area contributed by atoms with E-state index in [-0.39, 0.29) is 5.75 Å². The molecule has 0 bridgehead atoms. The number of anilines is 1. The molecule has 1 aliphatic heterocycles. The Balaban J connectivity index is 0.00000139. The summed E-state index contributed by atoms with van der Waals surface area (Å²) in [5.74, 6) is 2.16. The monoisotopic (exact) mass is 382 g/mol. The van der Waals surface area contributed by atoms with Gasteiger partial charge in [0.25, 0.3) is 0 Å². The molecule has 0 saturated carbocycles. The Morgan fingerprint density at radius 3 is 2.50 bits per heavy atom. The maximum absolute atomic E-state index is 12.0. The predicted octanol–water partition coefficient (Wildman–Crippen LogP) is 4.26. The van der Waals surface area contributed by atoms with E-state index in [4.69, 9.17) is 11.6 Å². The zero-order valence-electron chi connectivity index (χ0n) is 14.1. The molecular weight excluding hydrogens is 358 g/mol. The van der Waals surface area contributed by atoms with E-state index in [1.807, 2.05) is 25.8 Å². The SMILES string of the molecule is CC.FC(F)Oc1cnc(NC2CCN(SCCCCl)CC2)nc1. The second-order valence-electron chi connectivity index (χ2n) is 4.84. The van der Waals surface area contributed by atoms with Crippen LogP contribution < -0.4 is 10.1 Å². The third kappa shape index (κ3) is 8.30. The highest BCUT2D eigenvalue weighted by Gasteiger charge is 2.20. The van der Waals surface area contributed by atoms with E-state index in [1.54, 1.807) is 0 Å². The molecule has 5 nitrogen and oxygen atoms in total. The smallest absolute Gasteiger partial charge is 0.387 e. The van der Waals surface area contributed by atoms with Crippen molar-refractivity contribution >= 4 is 29.5 Å². The second kappa shape index (κ2) is 12.5. The Bertz CT molecular complexity index is 434. The van der Waals surface area contributed by atoms with Crippen molar-refractivity contribution in [2.45, 2.75) is 45.8 Å². The largest absolute Gasteiger partial charge is 0.432 e. The first kappa shape index (κ1) is 21.2. The number of ether oxygens (including phenoxy) is 1.